The van der Waals surface area contributed by atoms with Gasteiger partial charge in [0.05, 0.1) is 17.8 Å². The van der Waals surface area contributed by atoms with E-state index in [0.717, 1.165) is 34.7 Å². The normalized spacial score (nSPS) is 11.0. The van der Waals surface area contributed by atoms with Crippen LogP contribution < -0.4 is 4.74 Å². The molecule has 0 unspecified atom stereocenters. The molecule has 0 aliphatic rings. The van der Waals surface area contributed by atoms with E-state index in [1.165, 1.54) is 10.9 Å². The van der Waals surface area contributed by atoms with E-state index in [4.69, 9.17) is 9.84 Å². The number of rotatable bonds is 6. The number of aliphatic hydroxyl groups excluding tert-OH is 1. The lowest BCUT2D eigenvalue weighted by molar-refractivity contribution is 0.200. The fraction of sp³-hybridized carbons (Fsp3) is 0.167. The van der Waals surface area contributed by atoms with Gasteiger partial charge in [0.1, 0.15) is 12.4 Å². The Bertz CT molecular complexity index is 1050. The fourth-order valence-electron chi connectivity index (χ4n) is 3.53. The third kappa shape index (κ3) is 3.34. The molecule has 3 nitrogen and oxygen atoms in total. The van der Waals surface area contributed by atoms with Crippen LogP contribution in [-0.4, -0.2) is 22.9 Å². The molecule has 27 heavy (non-hydrogen) atoms. The summed E-state index contributed by atoms with van der Waals surface area (Å²) >= 11 is 0. The third-order valence-electron chi connectivity index (χ3n) is 4.81. The van der Waals surface area contributed by atoms with Crippen molar-refractivity contribution in [3.63, 3.8) is 0 Å². The summed E-state index contributed by atoms with van der Waals surface area (Å²) in [6.45, 7) is 2.46. The van der Waals surface area contributed by atoms with Crippen LogP contribution in [-0.2, 0) is 6.42 Å². The van der Waals surface area contributed by atoms with E-state index in [0.29, 0.717) is 6.61 Å². The number of benzene rings is 3. The fourth-order valence-corrected chi connectivity index (χ4v) is 3.53. The summed E-state index contributed by atoms with van der Waals surface area (Å²) in [5.74, 6) is 0.845. The minimum atomic E-state index is 0.0210. The first-order valence-electron chi connectivity index (χ1n) is 9.34. The summed E-state index contributed by atoms with van der Waals surface area (Å²) in [5, 5.41) is 10.3. The van der Waals surface area contributed by atoms with Gasteiger partial charge in [-0.15, -0.1) is 0 Å². The Morgan fingerprint density at radius 1 is 0.889 bits per heavy atom. The highest BCUT2D eigenvalue weighted by Gasteiger charge is 2.14. The highest BCUT2D eigenvalue weighted by molar-refractivity contribution is 5.89. The van der Waals surface area contributed by atoms with E-state index in [-0.39, 0.29) is 6.61 Å². The maximum absolute atomic E-state index is 9.04. The number of aryl methyl sites for hydroxylation is 1. The third-order valence-corrected chi connectivity index (χ3v) is 4.81. The molecule has 4 rings (SSSR count). The quantitative estimate of drug-likeness (QED) is 0.513. The predicted octanol–water partition coefficient (Wildman–Crippen LogP) is 5.23. The van der Waals surface area contributed by atoms with Gasteiger partial charge in [-0.3, -0.25) is 0 Å². The number of aromatic nitrogens is 1. The smallest absolute Gasteiger partial charge is 0.122 e. The molecule has 0 amide bonds. The molecule has 0 saturated heterocycles. The number of nitrogens with zero attached hydrogens (tertiary/aromatic N) is 1. The van der Waals surface area contributed by atoms with Gasteiger partial charge in [-0.1, -0.05) is 43.3 Å². The van der Waals surface area contributed by atoms with Crippen molar-refractivity contribution in [2.24, 2.45) is 0 Å². The number of ether oxygens (including phenoxy) is 1. The van der Waals surface area contributed by atoms with Gasteiger partial charge in [0, 0.05) is 11.1 Å². The van der Waals surface area contributed by atoms with Crippen molar-refractivity contribution in [2.45, 2.75) is 13.3 Å². The van der Waals surface area contributed by atoms with Crippen molar-refractivity contribution in [3.05, 3.63) is 84.4 Å². The van der Waals surface area contributed by atoms with Crippen LogP contribution in [0.3, 0.4) is 0 Å². The van der Waals surface area contributed by atoms with Gasteiger partial charge in [0.25, 0.3) is 0 Å². The Morgan fingerprint density at radius 3 is 2.44 bits per heavy atom. The maximum Gasteiger partial charge on any atom is 0.122 e. The Morgan fingerprint density at radius 2 is 1.67 bits per heavy atom. The molecule has 0 spiro atoms. The lowest BCUT2D eigenvalue weighted by atomic mass is 10.0. The van der Waals surface area contributed by atoms with E-state index in [1.54, 1.807) is 0 Å². The van der Waals surface area contributed by atoms with Crippen LogP contribution in [0.5, 0.6) is 5.75 Å². The molecular weight excluding hydrogens is 334 g/mol. The highest BCUT2D eigenvalue weighted by atomic mass is 16.5. The number of hydrogen-bond acceptors (Lipinski definition) is 2. The van der Waals surface area contributed by atoms with E-state index in [9.17, 15) is 0 Å². The molecule has 1 aromatic heterocycles. The molecule has 1 heterocycles. The van der Waals surface area contributed by atoms with Gasteiger partial charge in [0.15, 0.2) is 0 Å². The minimum Gasteiger partial charge on any atom is -0.491 e. The topological polar surface area (TPSA) is 34.4 Å². The monoisotopic (exact) mass is 357 g/mol. The molecule has 1 N–H and O–H groups in total. The Labute approximate surface area is 159 Å². The van der Waals surface area contributed by atoms with E-state index >= 15 is 0 Å². The average Bonchev–Trinajstić information content (AvgIpc) is 3.12. The van der Waals surface area contributed by atoms with Crippen LogP contribution in [0.15, 0.2) is 78.9 Å². The van der Waals surface area contributed by atoms with Gasteiger partial charge in [-0.05, 0) is 60.0 Å². The maximum atomic E-state index is 9.04. The molecule has 0 radical (unpaired) electrons. The summed E-state index contributed by atoms with van der Waals surface area (Å²) in [7, 11) is 0. The van der Waals surface area contributed by atoms with Crippen LogP contribution in [0, 0.1) is 0 Å². The summed E-state index contributed by atoms with van der Waals surface area (Å²) in [6.07, 6.45) is 0.875. The second-order valence-electron chi connectivity index (χ2n) is 6.51. The predicted molar refractivity (Wildman–Crippen MR) is 111 cm³/mol. The van der Waals surface area contributed by atoms with Crippen molar-refractivity contribution in [2.75, 3.05) is 13.2 Å². The molecule has 136 valence electrons. The first-order valence-corrected chi connectivity index (χ1v) is 9.34. The number of aliphatic hydroxyl groups is 1. The second kappa shape index (κ2) is 7.68. The van der Waals surface area contributed by atoms with Crippen molar-refractivity contribution in [3.8, 4) is 22.7 Å². The summed E-state index contributed by atoms with van der Waals surface area (Å²) in [5.41, 5.74) is 5.80. The van der Waals surface area contributed by atoms with E-state index in [2.05, 4.69) is 78.2 Å². The molecule has 4 aromatic rings. The molecular formula is C24H23NO2. The van der Waals surface area contributed by atoms with Gasteiger partial charge in [0.2, 0.25) is 0 Å². The van der Waals surface area contributed by atoms with Crippen LogP contribution in [0.4, 0.5) is 0 Å². The van der Waals surface area contributed by atoms with Crippen LogP contribution in [0.1, 0.15) is 12.5 Å². The van der Waals surface area contributed by atoms with Crippen molar-refractivity contribution < 1.29 is 9.84 Å². The number of para-hydroxylation sites is 2. The Hall–Kier alpha value is -3.04. The van der Waals surface area contributed by atoms with Crippen molar-refractivity contribution in [1.29, 1.82) is 0 Å². The minimum absolute atomic E-state index is 0.0210. The molecule has 0 aliphatic heterocycles. The molecule has 0 atom stereocenters. The lowest BCUT2D eigenvalue weighted by Gasteiger charge is -2.14. The molecule has 3 heteroatoms. The van der Waals surface area contributed by atoms with Gasteiger partial charge in [-0.25, -0.2) is 0 Å². The van der Waals surface area contributed by atoms with Crippen molar-refractivity contribution in [1.82, 2.24) is 4.57 Å². The van der Waals surface area contributed by atoms with Crippen LogP contribution in [0.25, 0.3) is 27.8 Å². The summed E-state index contributed by atoms with van der Waals surface area (Å²) < 4.78 is 7.99. The second-order valence-corrected chi connectivity index (χ2v) is 6.51. The standard InChI is InChI=1S/C24H23NO2/c1-2-18-16-20(12-13-24(18)27-15-14-26)23-17-19-8-6-7-11-22(19)25(23)21-9-4-3-5-10-21/h3-13,16-17,26H,2,14-15H2,1H3. The first kappa shape index (κ1) is 17.4. The zero-order valence-electron chi connectivity index (χ0n) is 15.4. The largest absolute Gasteiger partial charge is 0.491 e. The van der Waals surface area contributed by atoms with E-state index in [1.807, 2.05) is 12.1 Å². The van der Waals surface area contributed by atoms with Crippen molar-refractivity contribution >= 4 is 10.9 Å². The van der Waals surface area contributed by atoms with Gasteiger partial charge < -0.3 is 14.4 Å². The summed E-state index contributed by atoms with van der Waals surface area (Å²) in [4.78, 5) is 0. The number of fused-ring (bicyclic) bond motifs is 1. The molecule has 0 bridgehead atoms. The van der Waals surface area contributed by atoms with Crippen LogP contribution >= 0.6 is 0 Å². The molecule has 0 saturated carbocycles. The summed E-state index contributed by atoms with van der Waals surface area (Å²) in [6, 6.07) is 27.4. The average molecular weight is 357 g/mol. The lowest BCUT2D eigenvalue weighted by Crippen LogP contribution is -2.04. The molecule has 0 fully saturated rings. The Balaban J connectivity index is 1.89. The van der Waals surface area contributed by atoms with Gasteiger partial charge in [-0.2, -0.15) is 0 Å². The Kier molecular flexibility index (Phi) is 4.95. The number of hydrogen-bond donors (Lipinski definition) is 1. The van der Waals surface area contributed by atoms with Gasteiger partial charge >= 0.3 is 0 Å². The first-order chi connectivity index (χ1) is 13.3. The van der Waals surface area contributed by atoms with Crippen LogP contribution in [0.2, 0.25) is 0 Å². The molecule has 0 aliphatic carbocycles. The molecule has 3 aromatic carbocycles. The van der Waals surface area contributed by atoms with E-state index < -0.39 is 0 Å². The zero-order chi connectivity index (χ0) is 18.6. The zero-order valence-corrected chi connectivity index (χ0v) is 15.4. The SMILES string of the molecule is CCc1cc(-c2cc3ccccc3n2-c2ccccc2)ccc1OCCO. The highest BCUT2D eigenvalue weighted by Crippen LogP contribution is 2.34.